The SMILES string of the molecule is OC(CC1OCCc2ccccc21)C1CCNCC1. The van der Waals surface area contributed by atoms with Gasteiger partial charge in [-0.1, -0.05) is 24.3 Å². The van der Waals surface area contributed by atoms with Crippen molar-refractivity contribution in [3.05, 3.63) is 35.4 Å². The van der Waals surface area contributed by atoms with Crippen LogP contribution in [0.5, 0.6) is 0 Å². The Balaban J connectivity index is 1.66. The molecule has 0 saturated carbocycles. The van der Waals surface area contributed by atoms with E-state index < -0.39 is 0 Å². The van der Waals surface area contributed by atoms with Crippen LogP contribution in [-0.4, -0.2) is 30.9 Å². The van der Waals surface area contributed by atoms with E-state index in [0.717, 1.165) is 45.4 Å². The lowest BCUT2D eigenvalue weighted by Crippen LogP contribution is -2.35. The van der Waals surface area contributed by atoms with Gasteiger partial charge in [-0.2, -0.15) is 0 Å². The third kappa shape index (κ3) is 2.99. The molecule has 3 nitrogen and oxygen atoms in total. The van der Waals surface area contributed by atoms with Crippen LogP contribution in [-0.2, 0) is 11.2 Å². The standard InChI is InChI=1S/C16H23NO2/c18-15(13-5-8-17-9-6-13)11-16-14-4-2-1-3-12(14)7-10-19-16/h1-4,13,15-18H,5-11H2. The molecule has 2 heterocycles. The maximum Gasteiger partial charge on any atom is 0.0852 e. The fourth-order valence-electron chi connectivity index (χ4n) is 3.31. The molecule has 1 aromatic rings. The summed E-state index contributed by atoms with van der Waals surface area (Å²) in [5.41, 5.74) is 2.66. The van der Waals surface area contributed by atoms with E-state index in [0.29, 0.717) is 5.92 Å². The molecule has 0 aromatic heterocycles. The lowest BCUT2D eigenvalue weighted by atomic mass is 9.86. The zero-order chi connectivity index (χ0) is 13.1. The Hall–Kier alpha value is -0.900. The molecule has 2 atom stereocenters. The lowest BCUT2D eigenvalue weighted by molar-refractivity contribution is -0.0159. The maximum absolute atomic E-state index is 10.4. The molecule has 3 rings (SSSR count). The monoisotopic (exact) mass is 261 g/mol. The molecular weight excluding hydrogens is 238 g/mol. The van der Waals surface area contributed by atoms with Gasteiger partial charge in [0.25, 0.3) is 0 Å². The second kappa shape index (κ2) is 6.04. The number of benzene rings is 1. The van der Waals surface area contributed by atoms with E-state index in [-0.39, 0.29) is 12.2 Å². The zero-order valence-electron chi connectivity index (χ0n) is 11.3. The number of rotatable bonds is 3. The molecule has 3 heteroatoms. The summed E-state index contributed by atoms with van der Waals surface area (Å²) in [6.45, 7) is 2.84. The maximum atomic E-state index is 10.4. The number of piperidine rings is 1. The number of aliphatic hydroxyl groups is 1. The quantitative estimate of drug-likeness (QED) is 0.875. The van der Waals surface area contributed by atoms with Gasteiger partial charge in [0.1, 0.15) is 0 Å². The smallest absolute Gasteiger partial charge is 0.0852 e. The summed E-state index contributed by atoms with van der Waals surface area (Å²) in [5, 5.41) is 13.8. The number of hydrogen-bond acceptors (Lipinski definition) is 3. The minimum Gasteiger partial charge on any atom is -0.393 e. The molecule has 1 aromatic carbocycles. The van der Waals surface area contributed by atoms with E-state index in [2.05, 4.69) is 29.6 Å². The summed E-state index contributed by atoms with van der Waals surface area (Å²) in [7, 11) is 0. The highest BCUT2D eigenvalue weighted by Crippen LogP contribution is 2.33. The molecule has 104 valence electrons. The number of aliphatic hydroxyl groups excluding tert-OH is 1. The van der Waals surface area contributed by atoms with Gasteiger partial charge < -0.3 is 15.2 Å². The second-order valence-corrected chi connectivity index (χ2v) is 5.70. The van der Waals surface area contributed by atoms with Gasteiger partial charge in [0.15, 0.2) is 0 Å². The molecule has 0 spiro atoms. The molecule has 19 heavy (non-hydrogen) atoms. The number of hydrogen-bond donors (Lipinski definition) is 2. The van der Waals surface area contributed by atoms with Gasteiger partial charge >= 0.3 is 0 Å². The molecule has 0 aliphatic carbocycles. The molecule has 1 saturated heterocycles. The van der Waals surface area contributed by atoms with Crippen LogP contribution in [0.25, 0.3) is 0 Å². The van der Waals surface area contributed by atoms with Gasteiger partial charge in [-0.3, -0.25) is 0 Å². The first kappa shape index (κ1) is 13.1. The van der Waals surface area contributed by atoms with Crippen LogP contribution in [0.4, 0.5) is 0 Å². The summed E-state index contributed by atoms with van der Waals surface area (Å²) >= 11 is 0. The van der Waals surface area contributed by atoms with Crippen molar-refractivity contribution >= 4 is 0 Å². The molecule has 2 aliphatic rings. The fourth-order valence-corrected chi connectivity index (χ4v) is 3.31. The van der Waals surface area contributed by atoms with Crippen LogP contribution in [0.1, 0.15) is 36.5 Å². The van der Waals surface area contributed by atoms with Crippen LogP contribution >= 0.6 is 0 Å². The Morgan fingerprint density at radius 2 is 2.05 bits per heavy atom. The third-order valence-corrected chi connectivity index (χ3v) is 4.48. The largest absolute Gasteiger partial charge is 0.393 e. The first-order chi connectivity index (χ1) is 9.34. The minimum absolute atomic E-state index is 0.0786. The summed E-state index contributed by atoms with van der Waals surface area (Å²) in [6.07, 6.45) is 3.73. The summed E-state index contributed by atoms with van der Waals surface area (Å²) in [6, 6.07) is 8.48. The van der Waals surface area contributed by atoms with Crippen LogP contribution in [0.15, 0.2) is 24.3 Å². The van der Waals surface area contributed by atoms with Crippen molar-refractivity contribution < 1.29 is 9.84 Å². The molecule has 2 aliphatic heterocycles. The topological polar surface area (TPSA) is 41.5 Å². The average Bonchev–Trinajstić information content (AvgIpc) is 2.48. The molecule has 2 unspecified atom stereocenters. The highest BCUT2D eigenvalue weighted by Gasteiger charge is 2.28. The molecule has 0 bridgehead atoms. The molecule has 1 fully saturated rings. The Morgan fingerprint density at radius 3 is 2.89 bits per heavy atom. The van der Waals surface area contributed by atoms with E-state index in [4.69, 9.17) is 4.74 Å². The molecular formula is C16H23NO2. The molecule has 0 radical (unpaired) electrons. The molecule has 2 N–H and O–H groups in total. The van der Waals surface area contributed by atoms with Crippen LogP contribution in [0, 0.1) is 5.92 Å². The fraction of sp³-hybridized carbons (Fsp3) is 0.625. The van der Waals surface area contributed by atoms with Crippen LogP contribution in [0.2, 0.25) is 0 Å². The van der Waals surface area contributed by atoms with Gasteiger partial charge in [-0.15, -0.1) is 0 Å². The van der Waals surface area contributed by atoms with Crippen molar-refractivity contribution in [3.8, 4) is 0 Å². The van der Waals surface area contributed by atoms with Crippen molar-refractivity contribution in [1.29, 1.82) is 0 Å². The van der Waals surface area contributed by atoms with Gasteiger partial charge in [0.05, 0.1) is 18.8 Å². The summed E-state index contributed by atoms with van der Waals surface area (Å²) in [5.74, 6) is 0.430. The van der Waals surface area contributed by atoms with Crippen molar-refractivity contribution in [2.75, 3.05) is 19.7 Å². The Kier molecular flexibility index (Phi) is 4.16. The van der Waals surface area contributed by atoms with Crippen molar-refractivity contribution in [3.63, 3.8) is 0 Å². The van der Waals surface area contributed by atoms with Crippen molar-refractivity contribution in [2.24, 2.45) is 5.92 Å². The zero-order valence-corrected chi connectivity index (χ0v) is 11.3. The third-order valence-electron chi connectivity index (χ3n) is 4.48. The highest BCUT2D eigenvalue weighted by atomic mass is 16.5. The lowest BCUT2D eigenvalue weighted by Gasteiger charge is -2.32. The van der Waals surface area contributed by atoms with Crippen molar-refractivity contribution in [1.82, 2.24) is 5.32 Å². The van der Waals surface area contributed by atoms with E-state index in [9.17, 15) is 5.11 Å². The van der Waals surface area contributed by atoms with E-state index in [1.54, 1.807) is 0 Å². The number of nitrogens with one attached hydrogen (secondary N) is 1. The summed E-state index contributed by atoms with van der Waals surface area (Å²) < 4.78 is 5.89. The van der Waals surface area contributed by atoms with Crippen molar-refractivity contribution in [2.45, 2.75) is 37.9 Å². The van der Waals surface area contributed by atoms with E-state index in [1.165, 1.54) is 11.1 Å². The average molecular weight is 261 g/mol. The highest BCUT2D eigenvalue weighted by molar-refractivity contribution is 5.30. The molecule has 0 amide bonds. The first-order valence-electron chi connectivity index (χ1n) is 7.43. The van der Waals surface area contributed by atoms with E-state index >= 15 is 0 Å². The van der Waals surface area contributed by atoms with Crippen LogP contribution < -0.4 is 5.32 Å². The Morgan fingerprint density at radius 1 is 1.26 bits per heavy atom. The van der Waals surface area contributed by atoms with Gasteiger partial charge in [-0.25, -0.2) is 0 Å². The second-order valence-electron chi connectivity index (χ2n) is 5.70. The van der Waals surface area contributed by atoms with Gasteiger partial charge in [0.2, 0.25) is 0 Å². The minimum atomic E-state index is -0.238. The Labute approximate surface area is 115 Å². The van der Waals surface area contributed by atoms with Crippen LogP contribution in [0.3, 0.4) is 0 Å². The predicted octanol–water partition coefficient (Wildman–Crippen LogP) is 2.05. The van der Waals surface area contributed by atoms with E-state index in [1.807, 2.05) is 0 Å². The Bertz CT molecular complexity index is 415. The number of fused-ring (bicyclic) bond motifs is 1. The van der Waals surface area contributed by atoms with Gasteiger partial charge in [0, 0.05) is 6.42 Å². The van der Waals surface area contributed by atoms with Gasteiger partial charge in [-0.05, 0) is 49.4 Å². The summed E-state index contributed by atoms with van der Waals surface area (Å²) in [4.78, 5) is 0. The normalized spacial score (nSPS) is 25.8. The number of ether oxygens (including phenoxy) is 1. The first-order valence-corrected chi connectivity index (χ1v) is 7.43. The predicted molar refractivity (Wildman–Crippen MR) is 75.1 cm³/mol.